The van der Waals surface area contributed by atoms with E-state index in [-0.39, 0.29) is 12.2 Å². The number of benzene rings is 2. The highest BCUT2D eigenvalue weighted by atomic mass is 16.5. The second-order valence-corrected chi connectivity index (χ2v) is 5.87. The summed E-state index contributed by atoms with van der Waals surface area (Å²) in [5.41, 5.74) is 4.79. The van der Waals surface area contributed by atoms with Gasteiger partial charge >= 0.3 is 5.97 Å². The number of carboxylic acids is 1. The lowest BCUT2D eigenvalue weighted by Crippen LogP contribution is -2.07. The fourth-order valence-electron chi connectivity index (χ4n) is 2.81. The van der Waals surface area contributed by atoms with Crippen molar-refractivity contribution in [2.75, 3.05) is 0 Å². The number of carboxylic acid groups (broad SMARTS) is 1. The lowest BCUT2D eigenvalue weighted by molar-refractivity contribution is 0.0693. The molecule has 0 spiro atoms. The lowest BCUT2D eigenvalue weighted by atomic mass is 10.0. The number of H-pyrrole nitrogens is 1. The number of rotatable bonds is 5. The number of fused-ring (bicyclic) bond motifs is 1. The Kier molecular flexibility index (Phi) is 4.25. The summed E-state index contributed by atoms with van der Waals surface area (Å²) in [6.07, 6.45) is 0.843. The van der Waals surface area contributed by atoms with Crippen molar-refractivity contribution >= 4 is 17.0 Å². The number of hydrogen-bond acceptors (Lipinski definition) is 3. The molecule has 0 saturated heterocycles. The number of nitrogens with zero attached hydrogens (tertiary/aromatic N) is 1. The molecule has 124 valence electrons. The van der Waals surface area contributed by atoms with E-state index in [4.69, 9.17) is 4.74 Å². The van der Waals surface area contributed by atoms with Crippen LogP contribution in [0.25, 0.3) is 11.0 Å². The molecule has 2 N–H and O–H groups in total. The highest BCUT2D eigenvalue weighted by molar-refractivity contribution is 5.89. The van der Waals surface area contributed by atoms with E-state index in [0.717, 1.165) is 34.4 Å². The number of ether oxygens (including phenoxy) is 1. The minimum atomic E-state index is -0.940. The van der Waals surface area contributed by atoms with Gasteiger partial charge in [-0.15, -0.1) is 0 Å². The van der Waals surface area contributed by atoms with Crippen molar-refractivity contribution in [3.05, 3.63) is 58.4 Å². The number of aromatic carboxylic acids is 1. The quantitative estimate of drug-likeness (QED) is 0.743. The number of imidazole rings is 1. The SMILES string of the molecule is CCc1nc2c(C)cc(OCc3c(C)cccc3C(=O)O)cc2[nH]1. The van der Waals surface area contributed by atoms with E-state index >= 15 is 0 Å². The Morgan fingerprint density at radius 2 is 2.04 bits per heavy atom. The van der Waals surface area contributed by atoms with Crippen molar-refractivity contribution in [2.24, 2.45) is 0 Å². The molecule has 0 atom stereocenters. The van der Waals surface area contributed by atoms with Crippen LogP contribution in [0.4, 0.5) is 0 Å². The van der Waals surface area contributed by atoms with Crippen LogP contribution in [0.15, 0.2) is 30.3 Å². The van der Waals surface area contributed by atoms with Crippen LogP contribution in [0.1, 0.15) is 39.8 Å². The molecule has 0 unspecified atom stereocenters. The van der Waals surface area contributed by atoms with Gasteiger partial charge in [0.15, 0.2) is 0 Å². The Balaban J connectivity index is 1.90. The summed E-state index contributed by atoms with van der Waals surface area (Å²) in [7, 11) is 0. The number of aromatic amines is 1. The molecule has 1 aromatic heterocycles. The molecule has 5 nitrogen and oxygen atoms in total. The van der Waals surface area contributed by atoms with Crippen molar-refractivity contribution in [3.63, 3.8) is 0 Å². The zero-order valence-electron chi connectivity index (χ0n) is 14.0. The van der Waals surface area contributed by atoms with Crippen LogP contribution in [0.5, 0.6) is 5.75 Å². The summed E-state index contributed by atoms with van der Waals surface area (Å²) in [6, 6.07) is 9.08. The van der Waals surface area contributed by atoms with Gasteiger partial charge in [-0.3, -0.25) is 0 Å². The maximum absolute atomic E-state index is 11.4. The first kappa shape index (κ1) is 16.1. The molecule has 1 heterocycles. The highest BCUT2D eigenvalue weighted by Gasteiger charge is 2.13. The minimum Gasteiger partial charge on any atom is -0.489 e. The molecule has 0 radical (unpaired) electrons. The second kappa shape index (κ2) is 6.35. The molecule has 0 amide bonds. The van der Waals surface area contributed by atoms with Crippen molar-refractivity contribution in [1.82, 2.24) is 9.97 Å². The van der Waals surface area contributed by atoms with E-state index in [0.29, 0.717) is 11.3 Å². The standard InChI is InChI=1S/C19H20N2O3/c1-4-17-20-16-9-13(8-12(3)18(16)21-17)24-10-15-11(2)6-5-7-14(15)19(22)23/h5-9H,4,10H2,1-3H3,(H,20,21)(H,22,23). The molecule has 0 aliphatic heterocycles. The summed E-state index contributed by atoms with van der Waals surface area (Å²) in [4.78, 5) is 19.2. The Morgan fingerprint density at radius 1 is 1.25 bits per heavy atom. The van der Waals surface area contributed by atoms with E-state index in [1.165, 1.54) is 0 Å². The van der Waals surface area contributed by atoms with Gasteiger partial charge in [0.05, 0.1) is 16.6 Å². The summed E-state index contributed by atoms with van der Waals surface area (Å²) in [5, 5.41) is 9.33. The lowest BCUT2D eigenvalue weighted by Gasteiger charge is -2.12. The topological polar surface area (TPSA) is 75.2 Å². The van der Waals surface area contributed by atoms with Gasteiger partial charge in [-0.05, 0) is 37.1 Å². The van der Waals surface area contributed by atoms with E-state index in [2.05, 4.69) is 16.9 Å². The maximum atomic E-state index is 11.4. The number of aryl methyl sites for hydroxylation is 3. The molecule has 0 saturated carbocycles. The number of nitrogens with one attached hydrogen (secondary N) is 1. The second-order valence-electron chi connectivity index (χ2n) is 5.87. The molecule has 0 bridgehead atoms. The molecule has 24 heavy (non-hydrogen) atoms. The Morgan fingerprint density at radius 3 is 2.75 bits per heavy atom. The third kappa shape index (κ3) is 2.97. The molecular formula is C19H20N2O3. The van der Waals surface area contributed by atoms with E-state index in [9.17, 15) is 9.90 Å². The monoisotopic (exact) mass is 324 g/mol. The van der Waals surface area contributed by atoms with Gasteiger partial charge < -0.3 is 14.8 Å². The van der Waals surface area contributed by atoms with Gasteiger partial charge in [-0.2, -0.15) is 0 Å². The van der Waals surface area contributed by atoms with Crippen LogP contribution in [0, 0.1) is 13.8 Å². The highest BCUT2D eigenvalue weighted by Crippen LogP contribution is 2.25. The van der Waals surface area contributed by atoms with Crippen molar-refractivity contribution in [3.8, 4) is 5.75 Å². The third-order valence-electron chi connectivity index (χ3n) is 4.16. The number of aromatic nitrogens is 2. The predicted molar refractivity (Wildman–Crippen MR) is 92.7 cm³/mol. The Bertz CT molecular complexity index is 912. The van der Waals surface area contributed by atoms with E-state index in [1.54, 1.807) is 12.1 Å². The van der Waals surface area contributed by atoms with E-state index < -0.39 is 5.97 Å². The normalized spacial score (nSPS) is 11.0. The molecule has 2 aromatic carbocycles. The smallest absolute Gasteiger partial charge is 0.336 e. The van der Waals surface area contributed by atoms with Crippen LogP contribution in [-0.4, -0.2) is 21.0 Å². The van der Waals surface area contributed by atoms with Gasteiger partial charge in [0.2, 0.25) is 0 Å². The Labute approximate surface area is 140 Å². The molecular weight excluding hydrogens is 304 g/mol. The fourth-order valence-corrected chi connectivity index (χ4v) is 2.81. The fraction of sp³-hybridized carbons (Fsp3) is 0.263. The minimum absolute atomic E-state index is 0.216. The average molecular weight is 324 g/mol. The van der Waals surface area contributed by atoms with Crippen LogP contribution in [0.2, 0.25) is 0 Å². The van der Waals surface area contributed by atoms with Crippen LogP contribution < -0.4 is 4.74 Å². The van der Waals surface area contributed by atoms with Crippen molar-refractivity contribution < 1.29 is 14.6 Å². The first-order valence-corrected chi connectivity index (χ1v) is 7.93. The van der Waals surface area contributed by atoms with Crippen molar-refractivity contribution in [1.29, 1.82) is 0 Å². The van der Waals surface area contributed by atoms with Crippen LogP contribution in [0.3, 0.4) is 0 Å². The summed E-state index contributed by atoms with van der Waals surface area (Å²) in [6.45, 7) is 6.15. The number of hydrogen-bond donors (Lipinski definition) is 2. The van der Waals surface area contributed by atoms with Gasteiger partial charge in [0.1, 0.15) is 18.2 Å². The van der Waals surface area contributed by atoms with E-state index in [1.807, 2.05) is 32.0 Å². The Hall–Kier alpha value is -2.82. The maximum Gasteiger partial charge on any atom is 0.336 e. The molecule has 5 heteroatoms. The van der Waals surface area contributed by atoms with Gasteiger partial charge in [0.25, 0.3) is 0 Å². The molecule has 0 aliphatic rings. The summed E-state index contributed by atoms with van der Waals surface area (Å²) < 4.78 is 5.88. The zero-order valence-corrected chi connectivity index (χ0v) is 14.0. The first-order valence-electron chi connectivity index (χ1n) is 7.93. The molecule has 0 aliphatic carbocycles. The molecule has 3 aromatic rings. The van der Waals surface area contributed by atoms with Crippen LogP contribution >= 0.6 is 0 Å². The summed E-state index contributed by atoms with van der Waals surface area (Å²) in [5.74, 6) is 0.702. The van der Waals surface area contributed by atoms with Crippen LogP contribution in [-0.2, 0) is 13.0 Å². The molecule has 0 fully saturated rings. The largest absolute Gasteiger partial charge is 0.489 e. The zero-order chi connectivity index (χ0) is 17.3. The van der Waals surface area contributed by atoms with Gasteiger partial charge in [-0.25, -0.2) is 9.78 Å². The van der Waals surface area contributed by atoms with Gasteiger partial charge in [-0.1, -0.05) is 19.1 Å². The van der Waals surface area contributed by atoms with Crippen molar-refractivity contribution in [2.45, 2.75) is 33.8 Å². The summed E-state index contributed by atoms with van der Waals surface area (Å²) >= 11 is 0. The first-order chi connectivity index (χ1) is 11.5. The average Bonchev–Trinajstić information content (AvgIpc) is 2.97. The van der Waals surface area contributed by atoms with Gasteiger partial charge in [0, 0.05) is 18.1 Å². The predicted octanol–water partition coefficient (Wildman–Crippen LogP) is 4.02. The molecule has 3 rings (SSSR count). The number of carbonyl (C=O) groups is 1. The third-order valence-corrected chi connectivity index (χ3v) is 4.16.